The van der Waals surface area contributed by atoms with Crippen LogP contribution < -0.4 is 5.73 Å². The molecule has 3 N–H and O–H groups in total. The number of thiazole rings is 1. The van der Waals surface area contributed by atoms with Crippen LogP contribution in [0.25, 0.3) is 4.96 Å². The average molecular weight is 392 g/mol. The molecule has 1 saturated heterocycles. The highest BCUT2D eigenvalue weighted by molar-refractivity contribution is 7.17. The zero-order valence-electron chi connectivity index (χ0n) is 14.5. The van der Waals surface area contributed by atoms with E-state index < -0.39 is 0 Å². The van der Waals surface area contributed by atoms with Gasteiger partial charge in [-0.2, -0.15) is 4.52 Å². The fraction of sp³-hybridized carbons (Fsp3) is 0.471. The summed E-state index contributed by atoms with van der Waals surface area (Å²) in [6, 6.07) is 4.05. The van der Waals surface area contributed by atoms with Gasteiger partial charge < -0.3 is 10.8 Å². The van der Waals surface area contributed by atoms with E-state index in [2.05, 4.69) is 21.0 Å². The largest absolute Gasteiger partial charge is 0.492 e. The van der Waals surface area contributed by atoms with Crippen molar-refractivity contribution in [1.29, 1.82) is 0 Å². The molecule has 7 nitrogen and oxygen atoms in total. The fourth-order valence-electron chi connectivity index (χ4n) is 3.48. The summed E-state index contributed by atoms with van der Waals surface area (Å²) in [4.78, 5) is 21.0. The second-order valence-corrected chi connectivity index (χ2v) is 8.48. The molecule has 1 atom stereocenters. The summed E-state index contributed by atoms with van der Waals surface area (Å²) in [5.41, 5.74) is 5.47. The summed E-state index contributed by atoms with van der Waals surface area (Å²) >= 11 is 3.15. The van der Waals surface area contributed by atoms with Crippen LogP contribution in [0.5, 0.6) is 5.88 Å². The first-order valence-corrected chi connectivity index (χ1v) is 10.4. The third-order valence-corrected chi connectivity index (χ3v) is 6.92. The van der Waals surface area contributed by atoms with Gasteiger partial charge in [-0.25, -0.2) is 4.98 Å². The summed E-state index contributed by atoms with van der Waals surface area (Å²) in [7, 11) is 0. The van der Waals surface area contributed by atoms with Gasteiger partial charge in [0.1, 0.15) is 0 Å². The number of fused-ring (bicyclic) bond motifs is 1. The molecule has 1 fully saturated rings. The first-order chi connectivity index (χ1) is 12.6. The van der Waals surface area contributed by atoms with Crippen molar-refractivity contribution in [2.45, 2.75) is 32.2 Å². The minimum atomic E-state index is -0.217. The Labute approximate surface area is 159 Å². The number of thiophene rings is 1. The van der Waals surface area contributed by atoms with Crippen molar-refractivity contribution in [2.24, 2.45) is 11.7 Å². The molecular weight excluding hydrogens is 370 g/mol. The van der Waals surface area contributed by atoms with Gasteiger partial charge in [0.05, 0.1) is 10.9 Å². The Balaban J connectivity index is 1.70. The average Bonchev–Trinajstić information content (AvgIpc) is 3.35. The molecule has 9 heteroatoms. The van der Waals surface area contributed by atoms with E-state index in [1.165, 1.54) is 15.9 Å². The van der Waals surface area contributed by atoms with Crippen LogP contribution in [0, 0.1) is 5.92 Å². The highest BCUT2D eigenvalue weighted by Crippen LogP contribution is 2.42. The number of piperidine rings is 1. The Morgan fingerprint density at radius 2 is 2.23 bits per heavy atom. The Bertz CT molecular complexity index is 909. The Kier molecular flexibility index (Phi) is 4.68. The molecule has 4 heterocycles. The Hall–Kier alpha value is -1.97. The molecule has 1 aliphatic rings. The number of likely N-dealkylation sites (tertiary alicyclic amines) is 1. The second-order valence-electron chi connectivity index (χ2n) is 6.50. The van der Waals surface area contributed by atoms with E-state index in [0.29, 0.717) is 4.96 Å². The molecule has 0 spiro atoms. The number of amides is 1. The summed E-state index contributed by atoms with van der Waals surface area (Å²) < 4.78 is 1.54. The first kappa shape index (κ1) is 17.4. The molecule has 0 aromatic carbocycles. The van der Waals surface area contributed by atoms with Crippen LogP contribution in [0.4, 0.5) is 0 Å². The van der Waals surface area contributed by atoms with Crippen LogP contribution in [-0.4, -0.2) is 43.6 Å². The predicted molar refractivity (Wildman–Crippen MR) is 102 cm³/mol. The summed E-state index contributed by atoms with van der Waals surface area (Å²) in [6.07, 6.45) is 2.23. The van der Waals surface area contributed by atoms with Gasteiger partial charge in [0.15, 0.2) is 5.82 Å². The van der Waals surface area contributed by atoms with Gasteiger partial charge in [-0.1, -0.05) is 24.3 Å². The first-order valence-electron chi connectivity index (χ1n) is 8.72. The normalized spacial score (nSPS) is 17.7. The van der Waals surface area contributed by atoms with E-state index >= 15 is 0 Å². The number of carbonyl (C=O) groups is 1. The van der Waals surface area contributed by atoms with Gasteiger partial charge in [-0.3, -0.25) is 9.69 Å². The van der Waals surface area contributed by atoms with Gasteiger partial charge in [-0.05, 0) is 37.4 Å². The van der Waals surface area contributed by atoms with Crippen molar-refractivity contribution in [1.82, 2.24) is 19.5 Å². The maximum absolute atomic E-state index is 11.5. The summed E-state index contributed by atoms with van der Waals surface area (Å²) in [6.45, 7) is 3.53. The minimum Gasteiger partial charge on any atom is -0.492 e. The smallest absolute Gasteiger partial charge is 0.230 e. The number of nitrogens with zero attached hydrogens (tertiary/aromatic N) is 4. The molecule has 3 aromatic heterocycles. The number of aryl methyl sites for hydroxylation is 1. The highest BCUT2D eigenvalue weighted by atomic mass is 32.1. The lowest BCUT2D eigenvalue weighted by molar-refractivity contribution is -0.123. The number of primary amides is 1. The van der Waals surface area contributed by atoms with Gasteiger partial charge in [0, 0.05) is 17.2 Å². The number of aromatic nitrogens is 3. The molecule has 0 bridgehead atoms. The lowest BCUT2D eigenvalue weighted by atomic mass is 9.94. The molecule has 138 valence electrons. The third kappa shape index (κ3) is 3.00. The standard InChI is InChI=1S/C17H21N5O2S2/c1-2-12-19-17-22(20-12)16(24)14(26-17)13(11-4-3-9-25-11)21-7-5-10(6-8-21)15(18)23/h3-4,9-10,13,24H,2,5-8H2,1H3,(H2,18,23)/t13-/m1/s1. The number of rotatable bonds is 5. The molecule has 0 aliphatic carbocycles. The summed E-state index contributed by atoms with van der Waals surface area (Å²) in [5, 5.41) is 17.2. The van der Waals surface area contributed by atoms with E-state index in [1.807, 2.05) is 18.4 Å². The second kappa shape index (κ2) is 6.98. The zero-order chi connectivity index (χ0) is 18.3. The minimum absolute atomic E-state index is 0.0533. The van der Waals surface area contributed by atoms with Crippen molar-refractivity contribution in [3.63, 3.8) is 0 Å². The number of hydrogen-bond acceptors (Lipinski definition) is 7. The SMILES string of the molecule is CCc1nc2sc([C@@H](c3cccs3)N3CCC(C(N)=O)CC3)c(O)n2n1. The van der Waals surface area contributed by atoms with Gasteiger partial charge >= 0.3 is 0 Å². The van der Waals surface area contributed by atoms with Crippen LogP contribution in [0.2, 0.25) is 0 Å². The van der Waals surface area contributed by atoms with E-state index in [1.54, 1.807) is 11.3 Å². The molecule has 26 heavy (non-hydrogen) atoms. The number of hydrogen-bond donors (Lipinski definition) is 2. The maximum atomic E-state index is 11.5. The zero-order valence-corrected chi connectivity index (χ0v) is 16.1. The van der Waals surface area contributed by atoms with Gasteiger partial charge in [-0.15, -0.1) is 16.4 Å². The molecule has 3 aromatic rings. The van der Waals surface area contributed by atoms with E-state index in [4.69, 9.17) is 5.73 Å². The Morgan fingerprint density at radius 3 is 2.81 bits per heavy atom. The van der Waals surface area contributed by atoms with Crippen molar-refractivity contribution < 1.29 is 9.90 Å². The van der Waals surface area contributed by atoms with Crippen molar-refractivity contribution >= 4 is 33.5 Å². The van der Waals surface area contributed by atoms with Crippen molar-refractivity contribution in [2.75, 3.05) is 13.1 Å². The molecule has 0 radical (unpaired) electrons. The van der Waals surface area contributed by atoms with Crippen LogP contribution >= 0.6 is 22.7 Å². The van der Waals surface area contributed by atoms with E-state index in [-0.39, 0.29) is 23.7 Å². The van der Waals surface area contributed by atoms with Crippen LogP contribution in [0.15, 0.2) is 17.5 Å². The topological polar surface area (TPSA) is 96.8 Å². The summed E-state index contributed by atoms with van der Waals surface area (Å²) in [5.74, 6) is 0.616. The van der Waals surface area contributed by atoms with Crippen molar-refractivity contribution in [3.8, 4) is 5.88 Å². The lowest BCUT2D eigenvalue weighted by Gasteiger charge is -2.35. The van der Waals surface area contributed by atoms with E-state index in [0.717, 1.165) is 47.9 Å². The highest BCUT2D eigenvalue weighted by Gasteiger charge is 2.33. The van der Waals surface area contributed by atoms with Crippen LogP contribution in [0.1, 0.15) is 41.4 Å². The molecule has 1 amide bonds. The molecular formula is C17H21N5O2S2. The van der Waals surface area contributed by atoms with Crippen LogP contribution in [0.3, 0.4) is 0 Å². The molecule has 0 unspecified atom stereocenters. The Morgan fingerprint density at radius 1 is 1.46 bits per heavy atom. The maximum Gasteiger partial charge on any atom is 0.230 e. The monoisotopic (exact) mass is 391 g/mol. The van der Waals surface area contributed by atoms with E-state index in [9.17, 15) is 9.90 Å². The van der Waals surface area contributed by atoms with Gasteiger partial charge in [0.25, 0.3) is 0 Å². The third-order valence-electron chi connectivity index (χ3n) is 4.92. The number of nitrogens with two attached hydrogens (primary N) is 1. The lowest BCUT2D eigenvalue weighted by Crippen LogP contribution is -2.40. The fourth-order valence-corrected chi connectivity index (χ4v) is 5.55. The number of carbonyl (C=O) groups excluding carboxylic acids is 1. The quantitative estimate of drug-likeness (QED) is 0.696. The van der Waals surface area contributed by atoms with Gasteiger partial charge in [0.2, 0.25) is 16.7 Å². The molecule has 0 saturated carbocycles. The predicted octanol–water partition coefficient (Wildman–Crippen LogP) is 2.41. The van der Waals surface area contributed by atoms with Crippen molar-refractivity contribution in [3.05, 3.63) is 33.1 Å². The number of aromatic hydroxyl groups is 1. The van der Waals surface area contributed by atoms with Crippen LogP contribution in [-0.2, 0) is 11.2 Å². The molecule has 4 rings (SSSR count). The molecule has 1 aliphatic heterocycles.